The first-order chi connectivity index (χ1) is 13.6. The highest BCUT2D eigenvalue weighted by molar-refractivity contribution is 5.79. The lowest BCUT2D eigenvalue weighted by Gasteiger charge is -2.29. The Morgan fingerprint density at radius 1 is 1.14 bits per heavy atom. The van der Waals surface area contributed by atoms with E-state index in [1.807, 2.05) is 82.0 Å². The van der Waals surface area contributed by atoms with Gasteiger partial charge in [0.05, 0.1) is 17.4 Å². The van der Waals surface area contributed by atoms with E-state index in [0.29, 0.717) is 19.0 Å². The van der Waals surface area contributed by atoms with Crippen molar-refractivity contribution in [3.8, 4) is 5.69 Å². The number of carbonyl (C=O) groups is 1. The molecule has 8 heteroatoms. The number of benzene rings is 1. The zero-order valence-electron chi connectivity index (χ0n) is 18.1. The van der Waals surface area contributed by atoms with Gasteiger partial charge >= 0.3 is 6.09 Å². The Morgan fingerprint density at radius 3 is 2.45 bits per heavy atom. The maximum absolute atomic E-state index is 12.0. The summed E-state index contributed by atoms with van der Waals surface area (Å²) >= 11 is 0. The monoisotopic (exact) mass is 400 g/mol. The number of alkyl carbamates (subject to hydrolysis) is 1. The van der Waals surface area contributed by atoms with Crippen molar-refractivity contribution in [1.82, 2.24) is 25.7 Å². The number of nitrogens with one attached hydrogen (secondary N) is 3. The quantitative estimate of drug-likeness (QED) is 0.512. The van der Waals surface area contributed by atoms with Crippen LogP contribution in [0.4, 0.5) is 4.79 Å². The van der Waals surface area contributed by atoms with Crippen LogP contribution in [0, 0.1) is 0 Å². The third-order valence-corrected chi connectivity index (χ3v) is 3.88. The Balaban J connectivity index is 1.83. The molecule has 1 amide bonds. The molecule has 2 aromatic rings. The number of ether oxygens (including phenoxy) is 1. The van der Waals surface area contributed by atoms with Gasteiger partial charge in [-0.3, -0.25) is 4.99 Å². The number of carbonyl (C=O) groups excluding carboxylic acids is 1. The van der Waals surface area contributed by atoms with E-state index >= 15 is 0 Å². The average Bonchev–Trinajstić information content (AvgIpc) is 3.09. The van der Waals surface area contributed by atoms with Gasteiger partial charge in [-0.15, -0.1) is 0 Å². The van der Waals surface area contributed by atoms with Crippen LogP contribution < -0.4 is 16.0 Å². The van der Waals surface area contributed by atoms with Crippen molar-refractivity contribution in [2.45, 2.75) is 52.3 Å². The minimum Gasteiger partial charge on any atom is -0.444 e. The van der Waals surface area contributed by atoms with Gasteiger partial charge in [0.25, 0.3) is 0 Å². The van der Waals surface area contributed by atoms with Crippen LogP contribution in [-0.4, -0.2) is 46.6 Å². The lowest BCUT2D eigenvalue weighted by molar-refractivity contribution is 0.0474. The zero-order valence-corrected chi connectivity index (χ0v) is 18.1. The lowest BCUT2D eigenvalue weighted by atomic mass is 10.1. The maximum Gasteiger partial charge on any atom is 0.408 e. The van der Waals surface area contributed by atoms with Gasteiger partial charge in [-0.25, -0.2) is 9.48 Å². The molecule has 0 saturated carbocycles. The Kier molecular flexibility index (Phi) is 7.25. The molecule has 0 aliphatic carbocycles. The van der Waals surface area contributed by atoms with Gasteiger partial charge in [-0.1, -0.05) is 18.2 Å². The zero-order chi connectivity index (χ0) is 21.5. The lowest BCUT2D eigenvalue weighted by Crippen LogP contribution is -2.54. The second kappa shape index (κ2) is 9.45. The van der Waals surface area contributed by atoms with Crippen LogP contribution in [0.5, 0.6) is 0 Å². The SMILES string of the molecule is CN=C(NCc1cnn(-c2ccccc2)c1)NCC(C)(C)NC(=O)OC(C)(C)C. The van der Waals surface area contributed by atoms with Crippen molar-refractivity contribution >= 4 is 12.1 Å². The number of para-hydroxylation sites is 1. The van der Waals surface area contributed by atoms with Crippen molar-refractivity contribution in [3.63, 3.8) is 0 Å². The van der Waals surface area contributed by atoms with Crippen molar-refractivity contribution in [3.05, 3.63) is 48.3 Å². The standard InChI is InChI=1S/C21H32N6O2/c1-20(2,3)29-19(28)26-21(4,5)15-24-18(22-6)23-12-16-13-25-27(14-16)17-10-8-7-9-11-17/h7-11,13-14H,12,15H2,1-6H3,(H,26,28)(H2,22,23,24). The predicted octanol–water partition coefficient (Wildman–Crippen LogP) is 2.84. The summed E-state index contributed by atoms with van der Waals surface area (Å²) in [6.45, 7) is 10.4. The molecule has 1 heterocycles. The third kappa shape index (κ3) is 7.85. The summed E-state index contributed by atoms with van der Waals surface area (Å²) in [5.74, 6) is 0.636. The van der Waals surface area contributed by atoms with E-state index in [9.17, 15) is 4.79 Å². The Morgan fingerprint density at radius 2 is 1.83 bits per heavy atom. The summed E-state index contributed by atoms with van der Waals surface area (Å²) in [5, 5.41) is 13.7. The predicted molar refractivity (Wildman–Crippen MR) is 115 cm³/mol. The Bertz CT molecular complexity index is 821. The van der Waals surface area contributed by atoms with Gasteiger partial charge < -0.3 is 20.7 Å². The number of hydrogen-bond acceptors (Lipinski definition) is 4. The molecule has 0 aliphatic heterocycles. The molecule has 0 atom stereocenters. The van der Waals surface area contributed by atoms with Crippen LogP contribution in [0.3, 0.4) is 0 Å². The largest absolute Gasteiger partial charge is 0.444 e. The molecule has 0 unspecified atom stereocenters. The van der Waals surface area contributed by atoms with Crippen LogP contribution in [0.1, 0.15) is 40.2 Å². The fourth-order valence-electron chi connectivity index (χ4n) is 2.51. The molecule has 3 N–H and O–H groups in total. The van der Waals surface area contributed by atoms with Crippen LogP contribution in [0.15, 0.2) is 47.7 Å². The van der Waals surface area contributed by atoms with Crippen LogP contribution in [-0.2, 0) is 11.3 Å². The molecule has 8 nitrogen and oxygen atoms in total. The first kappa shape index (κ1) is 22.3. The fraction of sp³-hybridized carbons (Fsp3) is 0.476. The third-order valence-electron chi connectivity index (χ3n) is 3.88. The molecule has 0 spiro atoms. The van der Waals surface area contributed by atoms with Gasteiger partial charge in [0.1, 0.15) is 5.60 Å². The van der Waals surface area contributed by atoms with Crippen LogP contribution in [0.2, 0.25) is 0 Å². The van der Waals surface area contributed by atoms with Crippen LogP contribution in [0.25, 0.3) is 5.69 Å². The fourth-order valence-corrected chi connectivity index (χ4v) is 2.51. The maximum atomic E-state index is 12.0. The molecule has 0 radical (unpaired) electrons. The number of rotatable bonds is 6. The van der Waals surface area contributed by atoms with E-state index in [1.165, 1.54) is 0 Å². The molecular weight excluding hydrogens is 368 g/mol. The highest BCUT2D eigenvalue weighted by Gasteiger charge is 2.24. The van der Waals surface area contributed by atoms with Gasteiger partial charge in [-0.05, 0) is 46.8 Å². The minimum absolute atomic E-state index is 0.444. The van der Waals surface area contributed by atoms with Gasteiger partial charge in [0.15, 0.2) is 5.96 Å². The summed E-state index contributed by atoms with van der Waals surface area (Å²) < 4.78 is 7.15. The number of nitrogens with zero attached hydrogens (tertiary/aromatic N) is 3. The molecule has 158 valence electrons. The average molecular weight is 401 g/mol. The summed E-state index contributed by atoms with van der Waals surface area (Å²) in [6, 6.07) is 9.95. The second-order valence-electron chi connectivity index (χ2n) is 8.42. The summed E-state index contributed by atoms with van der Waals surface area (Å²) in [4.78, 5) is 16.2. The molecule has 0 fully saturated rings. The van der Waals surface area contributed by atoms with E-state index in [2.05, 4.69) is 26.0 Å². The molecule has 0 bridgehead atoms. The Labute approximate surface area is 172 Å². The highest BCUT2D eigenvalue weighted by Crippen LogP contribution is 2.09. The summed E-state index contributed by atoms with van der Waals surface area (Å²) in [7, 11) is 1.71. The van der Waals surface area contributed by atoms with E-state index in [0.717, 1.165) is 11.3 Å². The van der Waals surface area contributed by atoms with E-state index < -0.39 is 17.2 Å². The van der Waals surface area contributed by atoms with E-state index in [-0.39, 0.29) is 0 Å². The van der Waals surface area contributed by atoms with Crippen molar-refractivity contribution in [1.29, 1.82) is 0 Å². The minimum atomic E-state index is -0.532. The number of aliphatic imine (C=N–C) groups is 1. The smallest absolute Gasteiger partial charge is 0.408 e. The summed E-state index contributed by atoms with van der Waals surface area (Å²) in [5.41, 5.74) is 0.993. The number of hydrogen-bond donors (Lipinski definition) is 3. The first-order valence-corrected chi connectivity index (χ1v) is 9.63. The normalized spacial score (nSPS) is 12.4. The van der Waals surface area contributed by atoms with Gasteiger partial charge in [-0.2, -0.15) is 5.10 Å². The van der Waals surface area contributed by atoms with Crippen molar-refractivity contribution in [2.75, 3.05) is 13.6 Å². The molecular formula is C21H32N6O2. The Hall–Kier alpha value is -3.03. The first-order valence-electron chi connectivity index (χ1n) is 9.63. The van der Waals surface area contributed by atoms with Gasteiger partial charge in [0, 0.05) is 31.9 Å². The van der Waals surface area contributed by atoms with Gasteiger partial charge in [0.2, 0.25) is 0 Å². The number of amides is 1. The highest BCUT2D eigenvalue weighted by atomic mass is 16.6. The van der Waals surface area contributed by atoms with Crippen LogP contribution >= 0.6 is 0 Å². The molecule has 29 heavy (non-hydrogen) atoms. The number of guanidine groups is 1. The van der Waals surface area contributed by atoms with E-state index in [4.69, 9.17) is 4.74 Å². The second-order valence-corrected chi connectivity index (χ2v) is 8.42. The molecule has 1 aromatic heterocycles. The van der Waals surface area contributed by atoms with Crippen molar-refractivity contribution < 1.29 is 9.53 Å². The topological polar surface area (TPSA) is 92.6 Å². The number of aromatic nitrogens is 2. The molecule has 0 aliphatic rings. The summed E-state index contributed by atoms with van der Waals surface area (Å²) in [6.07, 6.45) is 3.35. The van der Waals surface area contributed by atoms with E-state index in [1.54, 1.807) is 7.05 Å². The molecule has 0 saturated heterocycles. The van der Waals surface area contributed by atoms with Crippen molar-refractivity contribution in [2.24, 2.45) is 4.99 Å². The molecule has 2 rings (SSSR count). The molecule has 1 aromatic carbocycles.